The summed E-state index contributed by atoms with van der Waals surface area (Å²) in [5, 5.41) is 0.644. The second kappa shape index (κ2) is 6.79. The molecule has 2 heterocycles. The normalized spacial score (nSPS) is 21.7. The van der Waals surface area contributed by atoms with Crippen molar-refractivity contribution in [3.05, 3.63) is 53.1 Å². The fourth-order valence-electron chi connectivity index (χ4n) is 3.49. The first-order valence-electron chi connectivity index (χ1n) is 8.60. The van der Waals surface area contributed by atoms with Crippen molar-refractivity contribution in [3.8, 4) is 11.5 Å². The Morgan fingerprint density at radius 3 is 2.64 bits per heavy atom. The van der Waals surface area contributed by atoms with Crippen molar-refractivity contribution in [2.45, 2.75) is 32.6 Å². The third kappa shape index (κ3) is 3.56. The fraction of sp³-hybridized carbons (Fsp3) is 0.350. The second-order valence-electron chi connectivity index (χ2n) is 6.75. The average Bonchev–Trinajstić information content (AvgIpc) is 2.97. The van der Waals surface area contributed by atoms with Gasteiger partial charge in [0.2, 0.25) is 5.89 Å². The lowest BCUT2D eigenvalue weighted by molar-refractivity contribution is -0.0704. The van der Waals surface area contributed by atoms with Crippen LogP contribution in [0.3, 0.4) is 0 Å². The zero-order chi connectivity index (χ0) is 17.4. The largest absolute Gasteiger partial charge is 0.436 e. The maximum atomic E-state index is 6.26. The van der Waals surface area contributed by atoms with E-state index in [-0.39, 0.29) is 12.2 Å². The Kier molecular flexibility index (Phi) is 4.50. The van der Waals surface area contributed by atoms with Gasteiger partial charge in [0.25, 0.3) is 0 Å². The van der Waals surface area contributed by atoms with Crippen LogP contribution in [-0.2, 0) is 11.3 Å². The molecule has 0 spiro atoms. The molecular formula is C20H21ClN2O2. The number of fused-ring (bicyclic) bond motifs is 1. The lowest BCUT2D eigenvalue weighted by Gasteiger charge is -2.35. The van der Waals surface area contributed by atoms with Gasteiger partial charge in [-0.15, -0.1) is 0 Å². The predicted molar refractivity (Wildman–Crippen MR) is 99.7 cm³/mol. The monoisotopic (exact) mass is 356 g/mol. The zero-order valence-corrected chi connectivity index (χ0v) is 15.2. The third-order valence-electron chi connectivity index (χ3n) is 4.46. The van der Waals surface area contributed by atoms with Crippen molar-refractivity contribution in [1.29, 1.82) is 0 Å². The van der Waals surface area contributed by atoms with Crippen LogP contribution in [0.15, 0.2) is 46.9 Å². The Hall–Kier alpha value is -1.88. The summed E-state index contributed by atoms with van der Waals surface area (Å²) in [6.45, 7) is 7.04. The van der Waals surface area contributed by atoms with Crippen LogP contribution in [0.4, 0.5) is 0 Å². The molecular weight excluding hydrogens is 336 g/mol. The number of benzene rings is 2. The van der Waals surface area contributed by atoms with E-state index in [1.54, 1.807) is 0 Å². The Morgan fingerprint density at radius 2 is 1.88 bits per heavy atom. The standard InChI is InChI=1S/C20H21ClN2O2/c1-13-10-23(11-14(2)24-13)12-15-7-8-19-18(9-15)22-20(25-19)16-5-3-4-6-17(16)21/h3-9,13-14H,10-12H2,1-2H3/t13-,14+. The number of morpholine rings is 1. The molecule has 0 saturated carbocycles. The van der Waals surface area contributed by atoms with E-state index in [2.05, 4.69) is 35.9 Å². The highest BCUT2D eigenvalue weighted by molar-refractivity contribution is 6.33. The van der Waals surface area contributed by atoms with Crippen LogP contribution in [-0.4, -0.2) is 35.2 Å². The second-order valence-corrected chi connectivity index (χ2v) is 7.16. The smallest absolute Gasteiger partial charge is 0.228 e. The summed E-state index contributed by atoms with van der Waals surface area (Å²) >= 11 is 6.26. The molecule has 4 rings (SSSR count). The molecule has 0 aliphatic carbocycles. The van der Waals surface area contributed by atoms with E-state index in [1.807, 2.05) is 30.3 Å². The van der Waals surface area contributed by atoms with Gasteiger partial charge in [-0.25, -0.2) is 4.98 Å². The summed E-state index contributed by atoms with van der Waals surface area (Å²) in [6.07, 6.45) is 0.540. The summed E-state index contributed by atoms with van der Waals surface area (Å²) in [5.74, 6) is 0.561. The first-order chi connectivity index (χ1) is 12.1. The molecule has 1 aliphatic rings. The van der Waals surface area contributed by atoms with Gasteiger partial charge < -0.3 is 9.15 Å². The molecule has 3 aromatic rings. The van der Waals surface area contributed by atoms with E-state index in [9.17, 15) is 0 Å². The molecule has 0 N–H and O–H groups in total. The van der Waals surface area contributed by atoms with Gasteiger partial charge in [-0.3, -0.25) is 4.90 Å². The number of oxazole rings is 1. The average molecular weight is 357 g/mol. The van der Waals surface area contributed by atoms with Gasteiger partial charge >= 0.3 is 0 Å². The SMILES string of the molecule is C[C@@H]1CN(Cc2ccc3oc(-c4ccccc4Cl)nc3c2)C[C@H](C)O1. The highest BCUT2D eigenvalue weighted by Gasteiger charge is 2.22. The molecule has 0 amide bonds. The molecule has 0 bridgehead atoms. The van der Waals surface area contributed by atoms with Crippen molar-refractivity contribution < 1.29 is 9.15 Å². The molecule has 25 heavy (non-hydrogen) atoms. The van der Waals surface area contributed by atoms with Gasteiger partial charge in [-0.2, -0.15) is 0 Å². The lowest BCUT2D eigenvalue weighted by Crippen LogP contribution is -2.44. The summed E-state index contributed by atoms with van der Waals surface area (Å²) in [4.78, 5) is 7.06. The minimum Gasteiger partial charge on any atom is -0.436 e. The number of aromatic nitrogens is 1. The molecule has 0 radical (unpaired) electrons. The minimum atomic E-state index is 0.270. The summed E-state index contributed by atoms with van der Waals surface area (Å²) in [7, 11) is 0. The molecule has 2 aromatic carbocycles. The molecule has 1 aliphatic heterocycles. The van der Waals surface area contributed by atoms with Crippen molar-refractivity contribution in [2.24, 2.45) is 0 Å². The lowest BCUT2D eigenvalue weighted by atomic mass is 10.1. The molecule has 130 valence electrons. The van der Waals surface area contributed by atoms with Crippen LogP contribution in [0.5, 0.6) is 0 Å². The minimum absolute atomic E-state index is 0.270. The van der Waals surface area contributed by atoms with Crippen LogP contribution in [0.1, 0.15) is 19.4 Å². The van der Waals surface area contributed by atoms with Crippen LogP contribution in [0.25, 0.3) is 22.6 Å². The maximum absolute atomic E-state index is 6.26. The summed E-state index contributed by atoms with van der Waals surface area (Å²) < 4.78 is 11.7. The highest BCUT2D eigenvalue weighted by Crippen LogP contribution is 2.30. The molecule has 1 fully saturated rings. The molecule has 2 atom stereocenters. The van der Waals surface area contributed by atoms with E-state index in [0.29, 0.717) is 10.9 Å². The van der Waals surface area contributed by atoms with Crippen LogP contribution < -0.4 is 0 Å². The Morgan fingerprint density at radius 1 is 1.12 bits per heavy atom. The van der Waals surface area contributed by atoms with Crippen LogP contribution >= 0.6 is 11.6 Å². The quantitative estimate of drug-likeness (QED) is 0.678. The topological polar surface area (TPSA) is 38.5 Å². The number of halogens is 1. The Labute approximate surface area is 152 Å². The van der Waals surface area contributed by atoms with E-state index < -0.39 is 0 Å². The van der Waals surface area contributed by atoms with Gasteiger partial charge in [-0.05, 0) is 43.7 Å². The molecule has 0 unspecified atom stereocenters. The number of hydrogen-bond donors (Lipinski definition) is 0. The first-order valence-corrected chi connectivity index (χ1v) is 8.98. The van der Waals surface area contributed by atoms with Gasteiger partial charge in [0.1, 0.15) is 5.52 Å². The van der Waals surface area contributed by atoms with E-state index in [0.717, 1.165) is 36.3 Å². The molecule has 4 nitrogen and oxygen atoms in total. The van der Waals surface area contributed by atoms with E-state index in [1.165, 1.54) is 5.56 Å². The number of rotatable bonds is 3. The first kappa shape index (κ1) is 16.6. The highest BCUT2D eigenvalue weighted by atomic mass is 35.5. The Bertz CT molecular complexity index is 882. The fourth-order valence-corrected chi connectivity index (χ4v) is 3.71. The molecule has 1 saturated heterocycles. The maximum Gasteiger partial charge on any atom is 0.228 e. The predicted octanol–water partition coefficient (Wildman–Crippen LogP) is 4.76. The zero-order valence-electron chi connectivity index (χ0n) is 14.4. The molecule has 1 aromatic heterocycles. The van der Waals surface area contributed by atoms with Crippen molar-refractivity contribution in [1.82, 2.24) is 9.88 Å². The van der Waals surface area contributed by atoms with Crippen LogP contribution in [0, 0.1) is 0 Å². The van der Waals surface area contributed by atoms with Crippen molar-refractivity contribution in [3.63, 3.8) is 0 Å². The summed E-state index contributed by atoms with van der Waals surface area (Å²) in [5.41, 5.74) is 3.69. The van der Waals surface area contributed by atoms with Gasteiger partial charge in [0.15, 0.2) is 5.58 Å². The van der Waals surface area contributed by atoms with Crippen molar-refractivity contribution in [2.75, 3.05) is 13.1 Å². The number of hydrogen-bond acceptors (Lipinski definition) is 4. The van der Waals surface area contributed by atoms with Crippen molar-refractivity contribution >= 4 is 22.7 Å². The van der Waals surface area contributed by atoms with Gasteiger partial charge in [-0.1, -0.05) is 29.8 Å². The summed E-state index contributed by atoms with van der Waals surface area (Å²) in [6, 6.07) is 13.8. The van der Waals surface area contributed by atoms with Crippen LogP contribution in [0.2, 0.25) is 5.02 Å². The van der Waals surface area contributed by atoms with Gasteiger partial charge in [0, 0.05) is 19.6 Å². The van der Waals surface area contributed by atoms with Gasteiger partial charge in [0.05, 0.1) is 22.8 Å². The molecule has 5 heteroatoms. The number of nitrogens with zero attached hydrogens (tertiary/aromatic N) is 2. The number of ether oxygens (including phenoxy) is 1. The van der Waals surface area contributed by atoms with E-state index in [4.69, 9.17) is 20.8 Å². The van der Waals surface area contributed by atoms with E-state index >= 15 is 0 Å². The third-order valence-corrected chi connectivity index (χ3v) is 4.79. The Balaban J connectivity index is 1.59.